The minimum atomic E-state index is -0.669. The summed E-state index contributed by atoms with van der Waals surface area (Å²) in [4.78, 5) is 28.3. The van der Waals surface area contributed by atoms with Crippen LogP contribution < -0.4 is 5.56 Å². The Labute approximate surface area is 136 Å². The van der Waals surface area contributed by atoms with Crippen LogP contribution in [0.1, 0.15) is 22.8 Å². The highest BCUT2D eigenvalue weighted by atomic mass is 35.5. The third kappa shape index (κ3) is 2.95. The van der Waals surface area contributed by atoms with E-state index in [4.69, 9.17) is 16.3 Å². The van der Waals surface area contributed by atoms with Crippen LogP contribution in [0.5, 0.6) is 0 Å². The number of carbonyl (C=O) groups excluding carboxylic acids is 1. The molecule has 3 aromatic heterocycles. The Kier molecular flexibility index (Phi) is 4.12. The van der Waals surface area contributed by atoms with E-state index in [1.165, 1.54) is 16.9 Å². The zero-order chi connectivity index (χ0) is 16.4. The van der Waals surface area contributed by atoms with E-state index >= 15 is 0 Å². The fourth-order valence-corrected chi connectivity index (χ4v) is 2.35. The number of ether oxygens (including phenoxy) is 1. The van der Waals surface area contributed by atoms with Crippen LogP contribution in [-0.2, 0) is 11.3 Å². The topological polar surface area (TPSA) is 78.5 Å². The molecule has 8 heteroatoms. The van der Waals surface area contributed by atoms with Gasteiger partial charge in [-0.1, -0.05) is 17.7 Å². The Hall–Kier alpha value is -2.67. The van der Waals surface area contributed by atoms with Crippen LogP contribution in [0.2, 0.25) is 5.15 Å². The van der Waals surface area contributed by atoms with E-state index in [1.807, 2.05) is 6.07 Å². The van der Waals surface area contributed by atoms with Crippen LogP contribution >= 0.6 is 11.6 Å². The van der Waals surface area contributed by atoms with Crippen molar-refractivity contribution in [2.45, 2.75) is 13.5 Å². The summed E-state index contributed by atoms with van der Waals surface area (Å²) in [6.45, 7) is 2.28. The first-order chi connectivity index (χ1) is 11.1. The van der Waals surface area contributed by atoms with E-state index in [0.29, 0.717) is 17.3 Å². The molecule has 3 rings (SSSR count). The Bertz CT molecular complexity index is 915. The Morgan fingerprint density at radius 3 is 2.87 bits per heavy atom. The third-order valence-corrected chi connectivity index (χ3v) is 3.49. The zero-order valence-electron chi connectivity index (χ0n) is 12.3. The van der Waals surface area contributed by atoms with E-state index in [1.54, 1.807) is 29.8 Å². The molecular weight excluding hydrogens is 320 g/mol. The van der Waals surface area contributed by atoms with E-state index in [2.05, 4.69) is 10.1 Å². The molecule has 0 amide bonds. The van der Waals surface area contributed by atoms with E-state index in [-0.39, 0.29) is 12.2 Å². The average molecular weight is 333 g/mol. The second-order valence-electron chi connectivity index (χ2n) is 4.79. The fraction of sp³-hybridized carbons (Fsp3) is 0.200. The van der Waals surface area contributed by atoms with Crippen molar-refractivity contribution in [3.05, 3.63) is 63.4 Å². The van der Waals surface area contributed by atoms with Crippen LogP contribution in [0.3, 0.4) is 0 Å². The molecule has 0 N–H and O–H groups in total. The molecular formula is C15H13ClN4O3. The molecule has 118 valence electrons. The van der Waals surface area contributed by atoms with Gasteiger partial charge in [0.2, 0.25) is 0 Å². The molecule has 0 radical (unpaired) electrons. The molecule has 23 heavy (non-hydrogen) atoms. The molecule has 0 atom stereocenters. The fourth-order valence-electron chi connectivity index (χ4n) is 2.23. The predicted octanol–water partition coefficient (Wildman–Crippen LogP) is 1.77. The Morgan fingerprint density at radius 2 is 2.17 bits per heavy atom. The summed E-state index contributed by atoms with van der Waals surface area (Å²) in [6, 6.07) is 5.20. The number of esters is 1. The number of aromatic nitrogens is 4. The first kappa shape index (κ1) is 15.2. The lowest BCUT2D eigenvalue weighted by atomic mass is 10.2. The molecule has 3 heterocycles. The number of halogens is 1. The maximum Gasteiger partial charge on any atom is 0.345 e. The van der Waals surface area contributed by atoms with Gasteiger partial charge in [-0.05, 0) is 18.6 Å². The van der Waals surface area contributed by atoms with Crippen molar-refractivity contribution in [1.29, 1.82) is 0 Å². The summed E-state index contributed by atoms with van der Waals surface area (Å²) in [7, 11) is 0. The molecule has 0 saturated carbocycles. The van der Waals surface area contributed by atoms with Crippen LogP contribution in [-0.4, -0.2) is 31.7 Å². The number of hydrogen-bond donors (Lipinski definition) is 0. The predicted molar refractivity (Wildman–Crippen MR) is 83.8 cm³/mol. The molecule has 0 aliphatic carbocycles. The van der Waals surface area contributed by atoms with Crippen molar-refractivity contribution >= 4 is 23.2 Å². The maximum atomic E-state index is 12.3. The SMILES string of the molecule is CCOC(=O)c1cn(Cc2ccc(Cl)nc2)c2ccnn2c1=O. The second-order valence-corrected chi connectivity index (χ2v) is 5.17. The lowest BCUT2D eigenvalue weighted by molar-refractivity contribution is 0.0523. The minimum Gasteiger partial charge on any atom is -0.462 e. The van der Waals surface area contributed by atoms with Gasteiger partial charge in [0.1, 0.15) is 16.4 Å². The normalized spacial score (nSPS) is 10.9. The van der Waals surface area contributed by atoms with Gasteiger partial charge in [-0.25, -0.2) is 9.78 Å². The highest BCUT2D eigenvalue weighted by Crippen LogP contribution is 2.10. The van der Waals surface area contributed by atoms with Gasteiger partial charge in [-0.2, -0.15) is 9.61 Å². The first-order valence-corrected chi connectivity index (χ1v) is 7.32. The highest BCUT2D eigenvalue weighted by molar-refractivity contribution is 6.29. The van der Waals surface area contributed by atoms with Gasteiger partial charge >= 0.3 is 5.97 Å². The van der Waals surface area contributed by atoms with Crippen LogP contribution in [0.15, 0.2) is 41.6 Å². The van der Waals surface area contributed by atoms with E-state index in [9.17, 15) is 9.59 Å². The van der Waals surface area contributed by atoms with E-state index < -0.39 is 11.5 Å². The summed E-state index contributed by atoms with van der Waals surface area (Å²) in [5.41, 5.74) is 0.868. The Balaban J connectivity index is 2.10. The summed E-state index contributed by atoms with van der Waals surface area (Å²) < 4.78 is 7.85. The molecule has 0 aliphatic rings. The highest BCUT2D eigenvalue weighted by Gasteiger charge is 2.17. The quantitative estimate of drug-likeness (QED) is 0.537. The van der Waals surface area contributed by atoms with Crippen molar-refractivity contribution in [2.75, 3.05) is 6.61 Å². The summed E-state index contributed by atoms with van der Waals surface area (Å²) >= 11 is 5.78. The standard InChI is InChI=1S/C15H13ClN4O3/c1-2-23-15(22)11-9-19(8-10-3-4-12(16)17-7-10)13-5-6-18-20(13)14(11)21/h3-7,9H,2,8H2,1H3. The molecule has 0 bridgehead atoms. The third-order valence-electron chi connectivity index (χ3n) is 3.26. The van der Waals surface area contributed by atoms with E-state index in [0.717, 1.165) is 5.56 Å². The number of carbonyl (C=O) groups is 1. The van der Waals surface area contributed by atoms with Crippen molar-refractivity contribution in [3.63, 3.8) is 0 Å². The molecule has 0 saturated heterocycles. The van der Waals surface area contributed by atoms with Crippen LogP contribution in [0, 0.1) is 0 Å². The number of nitrogens with zero attached hydrogens (tertiary/aromatic N) is 4. The maximum absolute atomic E-state index is 12.3. The molecule has 0 aliphatic heterocycles. The molecule has 0 unspecified atom stereocenters. The summed E-state index contributed by atoms with van der Waals surface area (Å²) in [5.74, 6) is -0.669. The Morgan fingerprint density at radius 1 is 1.35 bits per heavy atom. The molecule has 0 aromatic carbocycles. The lowest BCUT2D eigenvalue weighted by Gasteiger charge is -2.11. The zero-order valence-corrected chi connectivity index (χ0v) is 13.0. The van der Waals surface area contributed by atoms with Crippen LogP contribution in [0.4, 0.5) is 0 Å². The molecule has 0 fully saturated rings. The second kappa shape index (κ2) is 6.21. The van der Waals surface area contributed by atoms with Crippen LogP contribution in [0.25, 0.3) is 5.65 Å². The first-order valence-electron chi connectivity index (χ1n) is 6.95. The van der Waals surface area contributed by atoms with Gasteiger partial charge in [-0.15, -0.1) is 0 Å². The van der Waals surface area contributed by atoms with Crippen molar-refractivity contribution in [2.24, 2.45) is 0 Å². The van der Waals surface area contributed by atoms with Crippen molar-refractivity contribution in [3.8, 4) is 0 Å². The molecule has 3 aromatic rings. The smallest absolute Gasteiger partial charge is 0.345 e. The van der Waals surface area contributed by atoms with Crippen molar-refractivity contribution < 1.29 is 9.53 Å². The van der Waals surface area contributed by atoms with Gasteiger partial charge in [0, 0.05) is 18.5 Å². The molecule has 0 spiro atoms. The number of fused-ring (bicyclic) bond motifs is 1. The summed E-state index contributed by atoms with van der Waals surface area (Å²) in [6.07, 6.45) is 4.62. The molecule has 7 nitrogen and oxygen atoms in total. The average Bonchev–Trinajstić information content (AvgIpc) is 3.02. The minimum absolute atomic E-state index is 0.0648. The van der Waals surface area contributed by atoms with Gasteiger partial charge < -0.3 is 9.30 Å². The van der Waals surface area contributed by atoms with Gasteiger partial charge in [0.25, 0.3) is 5.56 Å². The van der Waals surface area contributed by atoms with Gasteiger partial charge in [0.15, 0.2) is 0 Å². The summed E-state index contributed by atoms with van der Waals surface area (Å²) in [5, 5.41) is 4.38. The number of pyridine rings is 1. The largest absolute Gasteiger partial charge is 0.462 e. The monoisotopic (exact) mass is 332 g/mol. The number of rotatable bonds is 4. The van der Waals surface area contributed by atoms with Gasteiger partial charge in [0.05, 0.1) is 19.3 Å². The van der Waals surface area contributed by atoms with Crippen molar-refractivity contribution in [1.82, 2.24) is 19.2 Å². The number of hydrogen-bond acceptors (Lipinski definition) is 5. The van der Waals surface area contributed by atoms with Gasteiger partial charge in [-0.3, -0.25) is 4.79 Å². The lowest BCUT2D eigenvalue weighted by Crippen LogP contribution is -2.27.